The normalized spacial score (nSPS) is 9.18. The fraction of sp³-hybridized carbons (Fsp3) is 0.667. The van der Waals surface area contributed by atoms with Gasteiger partial charge in [-0.15, -0.1) is 0 Å². The summed E-state index contributed by atoms with van der Waals surface area (Å²) in [6.45, 7) is 0.309. The molecule has 0 aromatic carbocycles. The van der Waals surface area contributed by atoms with Gasteiger partial charge in [-0.05, 0) is 0 Å². The Morgan fingerprint density at radius 3 is 2.73 bits per heavy atom. The van der Waals surface area contributed by atoms with Crippen LogP contribution in [0.4, 0.5) is 0 Å². The summed E-state index contributed by atoms with van der Waals surface area (Å²) < 4.78 is 9.17. The molecule has 0 fully saturated rings. The topological polar surface area (TPSA) is 85.4 Å². The number of rotatable bonds is 5. The molecule has 0 rings (SSSR count). The van der Waals surface area contributed by atoms with E-state index in [1.807, 2.05) is 0 Å². The molecular formula is C6H12N2O3. The number of carbonyl (C=O) groups excluding carboxylic acids is 1. The highest BCUT2D eigenvalue weighted by atomic mass is 16.5. The molecule has 0 unspecified atom stereocenters. The third kappa shape index (κ3) is 6.79. The predicted octanol–water partition coefficient (Wildman–Crippen LogP) is -0.498. The summed E-state index contributed by atoms with van der Waals surface area (Å²) in [5.74, 6) is -0.372. The number of hydrogen-bond acceptors (Lipinski definition) is 4. The van der Waals surface area contributed by atoms with Crippen LogP contribution in [0.2, 0.25) is 0 Å². The second-order valence-electron chi connectivity index (χ2n) is 1.90. The van der Waals surface area contributed by atoms with Gasteiger partial charge >= 0.3 is 5.97 Å². The van der Waals surface area contributed by atoms with Crippen LogP contribution in [-0.4, -0.2) is 32.1 Å². The summed E-state index contributed by atoms with van der Waals surface area (Å²) in [7, 11) is 1.31. The van der Waals surface area contributed by atoms with Crippen LogP contribution < -0.4 is 5.73 Å². The van der Waals surface area contributed by atoms with Crippen LogP contribution in [0.5, 0.6) is 0 Å². The zero-order valence-electron chi connectivity index (χ0n) is 6.42. The minimum atomic E-state index is -0.325. The van der Waals surface area contributed by atoms with E-state index in [0.717, 1.165) is 0 Å². The lowest BCUT2D eigenvalue weighted by molar-refractivity contribution is -0.141. The number of carbonyl (C=O) groups is 1. The Morgan fingerprint density at radius 1 is 1.64 bits per heavy atom. The summed E-state index contributed by atoms with van der Waals surface area (Å²) in [5, 5.41) is 6.76. The molecule has 5 heteroatoms. The van der Waals surface area contributed by atoms with Gasteiger partial charge in [-0.3, -0.25) is 10.2 Å². The zero-order valence-corrected chi connectivity index (χ0v) is 6.42. The highest BCUT2D eigenvalue weighted by Gasteiger charge is 1.98. The first kappa shape index (κ1) is 9.90. The molecular weight excluding hydrogens is 148 g/mol. The number of methoxy groups -OCH3 is 1. The van der Waals surface area contributed by atoms with Crippen LogP contribution in [0.15, 0.2) is 0 Å². The third-order valence-corrected chi connectivity index (χ3v) is 0.936. The van der Waals surface area contributed by atoms with Gasteiger partial charge in [0.05, 0.1) is 20.1 Å². The minimum absolute atomic E-state index is 0.0464. The van der Waals surface area contributed by atoms with Crippen molar-refractivity contribution in [2.75, 3.05) is 20.3 Å². The maximum Gasteiger partial charge on any atom is 0.307 e. The van der Waals surface area contributed by atoms with Gasteiger partial charge in [0.15, 0.2) is 0 Å². The molecule has 0 aromatic rings. The molecule has 0 aliphatic heterocycles. The summed E-state index contributed by atoms with van der Waals surface area (Å²) in [6, 6.07) is 0. The van der Waals surface area contributed by atoms with Crippen molar-refractivity contribution in [1.29, 1.82) is 5.41 Å². The number of nitrogens with two attached hydrogens (primary N) is 1. The second-order valence-corrected chi connectivity index (χ2v) is 1.90. The lowest BCUT2D eigenvalue weighted by Crippen LogP contribution is -2.18. The van der Waals surface area contributed by atoms with Crippen LogP contribution in [0.1, 0.15) is 6.42 Å². The Balaban J connectivity index is 3.14. The average molecular weight is 160 g/mol. The molecule has 0 radical (unpaired) electrons. The van der Waals surface area contributed by atoms with Gasteiger partial charge in [0.2, 0.25) is 0 Å². The molecule has 0 bridgehead atoms. The fourth-order valence-corrected chi connectivity index (χ4v) is 0.440. The maximum absolute atomic E-state index is 10.5. The lowest BCUT2D eigenvalue weighted by Gasteiger charge is -2.00. The molecule has 0 heterocycles. The van der Waals surface area contributed by atoms with Crippen molar-refractivity contribution >= 4 is 11.8 Å². The van der Waals surface area contributed by atoms with Gasteiger partial charge in [-0.1, -0.05) is 0 Å². The molecule has 0 saturated carbocycles. The Kier molecular flexibility index (Phi) is 5.10. The molecule has 0 aliphatic carbocycles. The number of nitrogens with one attached hydrogen (secondary N) is 1. The van der Waals surface area contributed by atoms with Gasteiger partial charge in [0.25, 0.3) is 0 Å². The van der Waals surface area contributed by atoms with Crippen LogP contribution in [0.3, 0.4) is 0 Å². The summed E-state index contributed by atoms with van der Waals surface area (Å²) in [6.07, 6.45) is 0.198. The van der Waals surface area contributed by atoms with Crippen LogP contribution in [0.25, 0.3) is 0 Å². The maximum atomic E-state index is 10.5. The van der Waals surface area contributed by atoms with Crippen molar-refractivity contribution in [3.05, 3.63) is 0 Å². The van der Waals surface area contributed by atoms with E-state index in [1.165, 1.54) is 7.11 Å². The highest BCUT2D eigenvalue weighted by molar-refractivity contribution is 5.78. The molecule has 0 aliphatic rings. The van der Waals surface area contributed by atoms with Crippen molar-refractivity contribution < 1.29 is 14.3 Å². The van der Waals surface area contributed by atoms with Crippen molar-refractivity contribution in [3.8, 4) is 0 Å². The van der Waals surface area contributed by atoms with E-state index in [2.05, 4.69) is 4.74 Å². The first-order valence-corrected chi connectivity index (χ1v) is 3.14. The largest absolute Gasteiger partial charge is 0.469 e. The second kappa shape index (κ2) is 5.67. The third-order valence-electron chi connectivity index (χ3n) is 0.936. The van der Waals surface area contributed by atoms with E-state index in [9.17, 15) is 4.79 Å². The van der Waals surface area contributed by atoms with Crippen LogP contribution in [0, 0.1) is 5.41 Å². The molecule has 64 valence electrons. The van der Waals surface area contributed by atoms with Gasteiger partial charge in [-0.2, -0.15) is 0 Å². The van der Waals surface area contributed by atoms with E-state index in [1.54, 1.807) is 0 Å². The van der Waals surface area contributed by atoms with Crippen LogP contribution in [-0.2, 0) is 14.3 Å². The van der Waals surface area contributed by atoms with Gasteiger partial charge in [0.1, 0.15) is 12.4 Å². The number of ether oxygens (including phenoxy) is 2. The van der Waals surface area contributed by atoms with Crippen molar-refractivity contribution in [3.63, 3.8) is 0 Å². The molecule has 11 heavy (non-hydrogen) atoms. The SMILES string of the molecule is COC(=O)CCOCC(=N)N. The van der Waals surface area contributed by atoms with E-state index in [4.69, 9.17) is 15.9 Å². The molecule has 5 nitrogen and oxygen atoms in total. The average Bonchev–Trinajstić information content (AvgIpc) is 1.97. The Labute approximate surface area is 65.0 Å². The highest BCUT2D eigenvalue weighted by Crippen LogP contribution is 1.85. The molecule has 0 amide bonds. The number of hydrogen-bond donors (Lipinski definition) is 2. The molecule has 3 N–H and O–H groups in total. The number of amidine groups is 1. The minimum Gasteiger partial charge on any atom is -0.469 e. The van der Waals surface area contributed by atoms with Gasteiger partial charge < -0.3 is 15.2 Å². The Bertz CT molecular complexity index is 147. The molecule has 0 saturated heterocycles. The van der Waals surface area contributed by atoms with Crippen molar-refractivity contribution in [1.82, 2.24) is 0 Å². The Morgan fingerprint density at radius 2 is 2.27 bits per heavy atom. The summed E-state index contributed by atoms with van der Waals surface area (Å²) >= 11 is 0. The van der Waals surface area contributed by atoms with Gasteiger partial charge in [-0.25, -0.2) is 0 Å². The molecule has 0 spiro atoms. The van der Waals surface area contributed by atoms with E-state index in [-0.39, 0.29) is 31.4 Å². The fourth-order valence-electron chi connectivity index (χ4n) is 0.440. The number of esters is 1. The van der Waals surface area contributed by atoms with Crippen molar-refractivity contribution in [2.45, 2.75) is 6.42 Å². The summed E-state index contributed by atoms with van der Waals surface area (Å²) in [4.78, 5) is 10.5. The smallest absolute Gasteiger partial charge is 0.307 e. The van der Waals surface area contributed by atoms with Crippen molar-refractivity contribution in [2.24, 2.45) is 5.73 Å². The standard InChI is InChI=1S/C6H12N2O3/c1-10-6(9)2-3-11-4-5(7)8/h2-4H2,1H3,(H3,7,8). The quantitative estimate of drug-likeness (QED) is 0.246. The van der Waals surface area contributed by atoms with E-state index in [0.29, 0.717) is 0 Å². The predicted molar refractivity (Wildman–Crippen MR) is 39.4 cm³/mol. The van der Waals surface area contributed by atoms with Crippen LogP contribution >= 0.6 is 0 Å². The lowest BCUT2D eigenvalue weighted by atomic mass is 10.5. The summed E-state index contributed by atoms with van der Waals surface area (Å²) in [5.41, 5.74) is 4.98. The van der Waals surface area contributed by atoms with E-state index >= 15 is 0 Å². The first-order chi connectivity index (χ1) is 5.16. The first-order valence-electron chi connectivity index (χ1n) is 3.14. The van der Waals surface area contributed by atoms with E-state index < -0.39 is 0 Å². The molecule has 0 aromatic heterocycles. The van der Waals surface area contributed by atoms with Gasteiger partial charge in [0, 0.05) is 0 Å². The monoisotopic (exact) mass is 160 g/mol. The zero-order chi connectivity index (χ0) is 8.69. The molecule has 0 atom stereocenters. The Hall–Kier alpha value is -1.10.